The number of rotatable bonds is 4. The minimum atomic E-state index is -0.659. The van der Waals surface area contributed by atoms with Gasteiger partial charge in [-0.1, -0.05) is 13.3 Å². The summed E-state index contributed by atoms with van der Waals surface area (Å²) in [5.41, 5.74) is -0.659. The molecule has 1 spiro atoms. The van der Waals surface area contributed by atoms with Crippen LogP contribution in [0, 0.1) is 0 Å². The highest BCUT2D eigenvalue weighted by Gasteiger charge is 2.55. The molecule has 5 heteroatoms. The lowest BCUT2D eigenvalue weighted by molar-refractivity contribution is -0.134. The quantitative estimate of drug-likeness (QED) is 0.528. The second kappa shape index (κ2) is 3.81. The Morgan fingerprint density at radius 3 is 2.73 bits per heavy atom. The topological polar surface area (TPSA) is 67.4 Å². The molecule has 0 unspecified atom stereocenters. The van der Waals surface area contributed by atoms with E-state index in [4.69, 9.17) is 4.74 Å². The second-order valence-corrected chi connectivity index (χ2v) is 4.24. The Kier molecular flexibility index (Phi) is 2.65. The van der Waals surface area contributed by atoms with Crippen molar-refractivity contribution in [3.05, 3.63) is 0 Å². The van der Waals surface area contributed by atoms with Gasteiger partial charge in [-0.25, -0.2) is 4.79 Å². The van der Waals surface area contributed by atoms with Crippen LogP contribution in [0.2, 0.25) is 0 Å². The summed E-state index contributed by atoms with van der Waals surface area (Å²) in [6, 6.07) is -0.382. The maximum absolute atomic E-state index is 11.4. The average molecular weight is 212 g/mol. The van der Waals surface area contributed by atoms with Crippen LogP contribution in [0.5, 0.6) is 0 Å². The number of imide groups is 1. The number of hydrogen-bond donors (Lipinski definition) is 2. The van der Waals surface area contributed by atoms with Crippen molar-refractivity contribution < 1.29 is 14.3 Å². The highest BCUT2D eigenvalue weighted by Crippen LogP contribution is 2.36. The van der Waals surface area contributed by atoms with Crippen molar-refractivity contribution in [3.63, 3.8) is 0 Å². The zero-order valence-electron chi connectivity index (χ0n) is 8.84. The fraction of sp³-hybridized carbons (Fsp3) is 0.800. The standard InChI is InChI=1S/C10H16N2O3/c1-2-3-4-15-7-5-10(6-7)8(13)11-9(14)12-10/h7H,2-6H2,1H3,(H2,11,12,13,14). The highest BCUT2D eigenvalue weighted by molar-refractivity contribution is 6.07. The summed E-state index contributed by atoms with van der Waals surface area (Å²) in [6.45, 7) is 2.85. The molecule has 0 bridgehead atoms. The van der Waals surface area contributed by atoms with Gasteiger partial charge in [0.2, 0.25) is 0 Å². The first-order chi connectivity index (χ1) is 7.16. The number of ether oxygens (including phenoxy) is 1. The molecule has 1 aliphatic heterocycles. The molecule has 0 aromatic heterocycles. The smallest absolute Gasteiger partial charge is 0.322 e. The fourth-order valence-corrected chi connectivity index (χ4v) is 2.05. The van der Waals surface area contributed by atoms with Crippen molar-refractivity contribution in [1.82, 2.24) is 10.6 Å². The monoisotopic (exact) mass is 212 g/mol. The summed E-state index contributed by atoms with van der Waals surface area (Å²) in [5.74, 6) is -0.206. The first-order valence-electron chi connectivity index (χ1n) is 5.41. The number of nitrogens with one attached hydrogen (secondary N) is 2. The zero-order valence-corrected chi connectivity index (χ0v) is 8.84. The fourth-order valence-electron chi connectivity index (χ4n) is 2.05. The van der Waals surface area contributed by atoms with Gasteiger partial charge in [0.1, 0.15) is 5.54 Å². The van der Waals surface area contributed by atoms with Crippen LogP contribution in [0.3, 0.4) is 0 Å². The molecule has 1 saturated carbocycles. The molecule has 5 nitrogen and oxygen atoms in total. The number of urea groups is 1. The molecule has 1 saturated heterocycles. The van der Waals surface area contributed by atoms with Crippen LogP contribution in [0.15, 0.2) is 0 Å². The third-order valence-electron chi connectivity index (χ3n) is 3.02. The van der Waals surface area contributed by atoms with E-state index < -0.39 is 5.54 Å². The van der Waals surface area contributed by atoms with Crippen LogP contribution < -0.4 is 10.6 Å². The largest absolute Gasteiger partial charge is 0.378 e. The van der Waals surface area contributed by atoms with E-state index in [1.54, 1.807) is 0 Å². The Morgan fingerprint density at radius 1 is 1.47 bits per heavy atom. The molecule has 2 N–H and O–H groups in total. The predicted molar refractivity (Wildman–Crippen MR) is 53.3 cm³/mol. The van der Waals surface area contributed by atoms with Crippen molar-refractivity contribution in [1.29, 1.82) is 0 Å². The maximum Gasteiger partial charge on any atom is 0.322 e. The molecule has 1 aliphatic carbocycles. The van der Waals surface area contributed by atoms with E-state index in [0.717, 1.165) is 19.4 Å². The molecule has 3 amide bonds. The molecule has 0 aromatic carbocycles. The lowest BCUT2D eigenvalue weighted by Crippen LogP contribution is -2.59. The normalized spacial score (nSPS) is 33.8. The van der Waals surface area contributed by atoms with Gasteiger partial charge in [0.25, 0.3) is 5.91 Å². The van der Waals surface area contributed by atoms with E-state index in [-0.39, 0.29) is 18.0 Å². The van der Waals surface area contributed by atoms with E-state index in [9.17, 15) is 9.59 Å². The summed E-state index contributed by atoms with van der Waals surface area (Å²) >= 11 is 0. The molecule has 1 heterocycles. The maximum atomic E-state index is 11.4. The lowest BCUT2D eigenvalue weighted by Gasteiger charge is -2.41. The van der Waals surface area contributed by atoms with Gasteiger partial charge in [-0.3, -0.25) is 10.1 Å². The van der Waals surface area contributed by atoms with Crippen molar-refractivity contribution in [2.45, 2.75) is 44.2 Å². The van der Waals surface area contributed by atoms with Crippen LogP contribution in [0.1, 0.15) is 32.6 Å². The zero-order chi connectivity index (χ0) is 10.9. The molecule has 0 atom stereocenters. The summed E-state index contributed by atoms with van der Waals surface area (Å²) < 4.78 is 5.56. The van der Waals surface area contributed by atoms with Crippen LogP contribution in [-0.2, 0) is 9.53 Å². The van der Waals surface area contributed by atoms with Gasteiger partial charge in [0.05, 0.1) is 6.10 Å². The summed E-state index contributed by atoms with van der Waals surface area (Å²) in [4.78, 5) is 22.4. The number of hydrogen-bond acceptors (Lipinski definition) is 3. The van der Waals surface area contributed by atoms with Crippen molar-refractivity contribution >= 4 is 11.9 Å². The van der Waals surface area contributed by atoms with Crippen molar-refractivity contribution in [3.8, 4) is 0 Å². The number of unbranched alkanes of at least 4 members (excludes halogenated alkanes) is 1. The van der Waals surface area contributed by atoms with Crippen LogP contribution >= 0.6 is 0 Å². The Hall–Kier alpha value is -1.10. The number of amides is 3. The Labute approximate surface area is 88.5 Å². The van der Waals surface area contributed by atoms with Crippen LogP contribution in [-0.4, -0.2) is 30.2 Å². The first-order valence-corrected chi connectivity index (χ1v) is 5.41. The number of carbonyl (C=O) groups is 2. The van der Waals surface area contributed by atoms with Gasteiger partial charge in [-0.05, 0) is 6.42 Å². The van der Waals surface area contributed by atoms with Gasteiger partial charge in [0.15, 0.2) is 0 Å². The van der Waals surface area contributed by atoms with Gasteiger partial charge in [-0.2, -0.15) is 0 Å². The van der Waals surface area contributed by atoms with Crippen LogP contribution in [0.4, 0.5) is 4.79 Å². The SMILES string of the molecule is CCCCOC1CC2(C1)NC(=O)NC2=O. The minimum absolute atomic E-state index is 0.126. The van der Waals surface area contributed by atoms with E-state index in [1.807, 2.05) is 0 Å². The van der Waals surface area contributed by atoms with Gasteiger partial charge in [-0.15, -0.1) is 0 Å². The molecular formula is C10H16N2O3. The van der Waals surface area contributed by atoms with E-state index in [2.05, 4.69) is 17.6 Å². The Bertz CT molecular complexity index is 284. The Balaban J connectivity index is 1.77. The first kappa shape index (κ1) is 10.4. The van der Waals surface area contributed by atoms with Gasteiger partial charge < -0.3 is 10.1 Å². The second-order valence-electron chi connectivity index (χ2n) is 4.24. The van der Waals surface area contributed by atoms with E-state index in [0.29, 0.717) is 12.8 Å². The summed E-state index contributed by atoms with van der Waals surface area (Å²) in [7, 11) is 0. The lowest BCUT2D eigenvalue weighted by atomic mass is 9.74. The molecule has 0 aromatic rings. The van der Waals surface area contributed by atoms with E-state index in [1.165, 1.54) is 0 Å². The predicted octanol–water partition coefficient (Wildman–Crippen LogP) is 0.544. The van der Waals surface area contributed by atoms with Gasteiger partial charge >= 0.3 is 6.03 Å². The average Bonchev–Trinajstić information content (AvgIpc) is 2.41. The molecule has 2 fully saturated rings. The van der Waals surface area contributed by atoms with Gasteiger partial charge in [0, 0.05) is 19.4 Å². The number of carbonyl (C=O) groups excluding carboxylic acids is 2. The summed E-state index contributed by atoms with van der Waals surface area (Å²) in [6.07, 6.45) is 3.49. The molecule has 2 aliphatic rings. The summed E-state index contributed by atoms with van der Waals surface area (Å²) in [5, 5.41) is 4.91. The molecule has 2 rings (SSSR count). The van der Waals surface area contributed by atoms with Crippen molar-refractivity contribution in [2.24, 2.45) is 0 Å². The third kappa shape index (κ3) is 1.84. The van der Waals surface area contributed by atoms with E-state index >= 15 is 0 Å². The molecule has 0 radical (unpaired) electrons. The minimum Gasteiger partial charge on any atom is -0.378 e. The molecule has 15 heavy (non-hydrogen) atoms. The highest BCUT2D eigenvalue weighted by atomic mass is 16.5. The third-order valence-corrected chi connectivity index (χ3v) is 3.02. The Morgan fingerprint density at radius 2 is 2.20 bits per heavy atom. The molecule has 84 valence electrons. The molecular weight excluding hydrogens is 196 g/mol. The van der Waals surface area contributed by atoms with Crippen LogP contribution in [0.25, 0.3) is 0 Å². The van der Waals surface area contributed by atoms with Crippen molar-refractivity contribution in [2.75, 3.05) is 6.61 Å².